The number of carbonyl (C=O) groups excluding carboxylic acids is 2. The topological polar surface area (TPSA) is 49.9 Å². The van der Waals surface area contributed by atoms with E-state index in [2.05, 4.69) is 0 Å². The minimum absolute atomic E-state index is 0.0805. The predicted molar refractivity (Wildman–Crippen MR) is 122 cm³/mol. The first-order chi connectivity index (χ1) is 15.1. The second-order valence-corrected chi connectivity index (χ2v) is 8.86. The van der Waals surface area contributed by atoms with Crippen molar-refractivity contribution in [3.8, 4) is 5.75 Å². The molecule has 0 spiro atoms. The molecular formula is C25H29ClN2O3. The molecule has 6 heteroatoms. The highest BCUT2D eigenvalue weighted by atomic mass is 35.5. The number of amides is 2. The summed E-state index contributed by atoms with van der Waals surface area (Å²) in [5.41, 5.74) is 1.55. The predicted octanol–water partition coefficient (Wildman–Crippen LogP) is 4.44. The van der Waals surface area contributed by atoms with Crippen LogP contribution in [0.4, 0.5) is 0 Å². The molecule has 0 saturated carbocycles. The number of likely N-dealkylation sites (tertiary alicyclic amines) is 2. The van der Waals surface area contributed by atoms with Crippen LogP contribution < -0.4 is 4.74 Å². The molecule has 2 heterocycles. The zero-order chi connectivity index (χ0) is 21.6. The van der Waals surface area contributed by atoms with Crippen molar-refractivity contribution in [3.05, 3.63) is 64.7 Å². The van der Waals surface area contributed by atoms with Gasteiger partial charge in [0.25, 0.3) is 5.91 Å². The van der Waals surface area contributed by atoms with Gasteiger partial charge in [-0.2, -0.15) is 0 Å². The first kappa shape index (κ1) is 21.7. The quantitative estimate of drug-likeness (QED) is 0.667. The highest BCUT2D eigenvalue weighted by Crippen LogP contribution is 2.23. The second kappa shape index (κ2) is 10.2. The van der Waals surface area contributed by atoms with E-state index >= 15 is 0 Å². The van der Waals surface area contributed by atoms with Crippen LogP contribution in [0.2, 0.25) is 5.02 Å². The monoisotopic (exact) mass is 440 g/mol. The average Bonchev–Trinajstić information content (AvgIpc) is 3.34. The van der Waals surface area contributed by atoms with Crippen LogP contribution in [0.1, 0.15) is 41.6 Å². The summed E-state index contributed by atoms with van der Waals surface area (Å²) in [5.74, 6) is 1.18. The lowest BCUT2D eigenvalue weighted by atomic mass is 9.98. The Labute approximate surface area is 188 Å². The van der Waals surface area contributed by atoms with Gasteiger partial charge in [0, 0.05) is 42.7 Å². The highest BCUT2D eigenvalue weighted by molar-refractivity contribution is 6.31. The van der Waals surface area contributed by atoms with Gasteiger partial charge in [-0.25, -0.2) is 0 Å². The number of rotatable bonds is 6. The summed E-state index contributed by atoms with van der Waals surface area (Å²) in [5, 5.41) is 0.635. The second-order valence-electron chi connectivity index (χ2n) is 8.45. The molecule has 2 saturated heterocycles. The molecule has 2 amide bonds. The normalized spacial score (nSPS) is 18.8. The van der Waals surface area contributed by atoms with Crippen LogP contribution in [0.5, 0.6) is 5.75 Å². The maximum atomic E-state index is 12.8. The van der Waals surface area contributed by atoms with Crippen LogP contribution in [0, 0.1) is 5.92 Å². The minimum atomic E-state index is 0.0805. The van der Waals surface area contributed by atoms with Gasteiger partial charge in [-0.05, 0) is 55.5 Å². The van der Waals surface area contributed by atoms with Crippen molar-refractivity contribution < 1.29 is 14.3 Å². The van der Waals surface area contributed by atoms with Gasteiger partial charge in [0.1, 0.15) is 5.75 Å². The van der Waals surface area contributed by atoms with E-state index < -0.39 is 0 Å². The van der Waals surface area contributed by atoms with Crippen molar-refractivity contribution in [2.45, 2.75) is 32.1 Å². The van der Waals surface area contributed by atoms with Crippen molar-refractivity contribution >= 4 is 23.4 Å². The standard InChI is InChI=1S/C25H29ClN2O3/c26-23-11-2-1-8-20(23)16-24(29)28-14-6-7-19(17-28)18-31-22-10-5-9-21(15-22)25(30)27-12-3-4-13-27/h1-2,5,8-11,15,19H,3-4,6-7,12-14,16-18H2/t19-/m0/s1. The van der Waals surface area contributed by atoms with Crippen LogP contribution in [0.25, 0.3) is 0 Å². The summed E-state index contributed by atoms with van der Waals surface area (Å²) >= 11 is 6.21. The van der Waals surface area contributed by atoms with E-state index in [1.54, 1.807) is 0 Å². The van der Waals surface area contributed by atoms with E-state index in [1.165, 1.54) is 0 Å². The fourth-order valence-electron chi connectivity index (χ4n) is 4.38. The molecular weight excluding hydrogens is 412 g/mol. The van der Waals surface area contributed by atoms with E-state index in [4.69, 9.17) is 16.3 Å². The van der Waals surface area contributed by atoms with Crippen LogP contribution in [-0.4, -0.2) is 54.4 Å². The number of carbonyl (C=O) groups is 2. The Hall–Kier alpha value is -2.53. The van der Waals surface area contributed by atoms with Crippen molar-refractivity contribution in [2.24, 2.45) is 5.92 Å². The smallest absolute Gasteiger partial charge is 0.253 e. The summed E-state index contributed by atoms with van der Waals surface area (Å²) in [6.45, 7) is 3.68. The summed E-state index contributed by atoms with van der Waals surface area (Å²) in [6.07, 6.45) is 4.48. The Morgan fingerprint density at radius 3 is 2.55 bits per heavy atom. The summed E-state index contributed by atoms with van der Waals surface area (Å²) < 4.78 is 6.03. The Balaban J connectivity index is 1.31. The third kappa shape index (κ3) is 5.59. The number of benzene rings is 2. The molecule has 2 aliphatic heterocycles. The molecule has 2 aromatic rings. The number of piperidine rings is 1. The van der Waals surface area contributed by atoms with Gasteiger partial charge in [-0.1, -0.05) is 35.9 Å². The molecule has 31 heavy (non-hydrogen) atoms. The summed E-state index contributed by atoms with van der Waals surface area (Å²) in [4.78, 5) is 29.2. The summed E-state index contributed by atoms with van der Waals surface area (Å²) in [7, 11) is 0. The van der Waals surface area contributed by atoms with E-state index in [0.29, 0.717) is 35.9 Å². The first-order valence-electron chi connectivity index (χ1n) is 11.1. The van der Waals surface area contributed by atoms with Gasteiger partial charge in [0.2, 0.25) is 5.91 Å². The number of ether oxygens (including phenoxy) is 1. The van der Waals surface area contributed by atoms with Crippen LogP contribution in [-0.2, 0) is 11.2 Å². The fraction of sp³-hybridized carbons (Fsp3) is 0.440. The Morgan fingerprint density at radius 2 is 1.74 bits per heavy atom. The lowest BCUT2D eigenvalue weighted by Gasteiger charge is -2.33. The lowest BCUT2D eigenvalue weighted by molar-refractivity contribution is -0.132. The third-order valence-electron chi connectivity index (χ3n) is 6.13. The van der Waals surface area contributed by atoms with Gasteiger partial charge in [-0.15, -0.1) is 0 Å². The van der Waals surface area contributed by atoms with Gasteiger partial charge in [0.15, 0.2) is 0 Å². The van der Waals surface area contributed by atoms with E-state index in [1.807, 2.05) is 58.3 Å². The van der Waals surface area contributed by atoms with E-state index in [0.717, 1.165) is 50.9 Å². The number of nitrogens with zero attached hydrogens (tertiary/aromatic N) is 2. The van der Waals surface area contributed by atoms with Gasteiger partial charge in [0.05, 0.1) is 13.0 Å². The molecule has 5 nitrogen and oxygen atoms in total. The Morgan fingerprint density at radius 1 is 0.968 bits per heavy atom. The van der Waals surface area contributed by atoms with Gasteiger partial charge in [-0.3, -0.25) is 9.59 Å². The Bertz CT molecular complexity index is 926. The van der Waals surface area contributed by atoms with Crippen molar-refractivity contribution in [1.82, 2.24) is 9.80 Å². The third-order valence-corrected chi connectivity index (χ3v) is 6.50. The number of hydrogen-bond donors (Lipinski definition) is 0. The largest absolute Gasteiger partial charge is 0.493 e. The zero-order valence-corrected chi connectivity index (χ0v) is 18.5. The van der Waals surface area contributed by atoms with Gasteiger partial charge >= 0.3 is 0 Å². The summed E-state index contributed by atoms with van der Waals surface area (Å²) in [6, 6.07) is 15.0. The fourth-order valence-corrected chi connectivity index (χ4v) is 4.58. The molecule has 164 valence electrons. The van der Waals surface area contributed by atoms with Gasteiger partial charge < -0.3 is 14.5 Å². The molecule has 0 aromatic heterocycles. The molecule has 2 aromatic carbocycles. The van der Waals surface area contributed by atoms with Crippen molar-refractivity contribution in [2.75, 3.05) is 32.8 Å². The highest BCUT2D eigenvalue weighted by Gasteiger charge is 2.25. The Kier molecular flexibility index (Phi) is 7.13. The molecule has 4 rings (SSSR count). The van der Waals surface area contributed by atoms with E-state index in [9.17, 15) is 9.59 Å². The number of halogens is 1. The molecule has 0 unspecified atom stereocenters. The molecule has 0 radical (unpaired) electrons. The number of hydrogen-bond acceptors (Lipinski definition) is 3. The van der Waals surface area contributed by atoms with Crippen LogP contribution >= 0.6 is 11.6 Å². The molecule has 0 aliphatic carbocycles. The molecule has 1 atom stereocenters. The maximum Gasteiger partial charge on any atom is 0.253 e. The van der Waals surface area contributed by atoms with E-state index in [-0.39, 0.29) is 17.7 Å². The first-order valence-corrected chi connectivity index (χ1v) is 11.5. The molecule has 0 bridgehead atoms. The maximum absolute atomic E-state index is 12.8. The lowest BCUT2D eigenvalue weighted by Crippen LogP contribution is -2.42. The SMILES string of the molecule is O=C(Cc1ccccc1Cl)N1CCC[C@H](COc2cccc(C(=O)N3CCCC3)c2)C1. The van der Waals surface area contributed by atoms with Crippen LogP contribution in [0.15, 0.2) is 48.5 Å². The zero-order valence-electron chi connectivity index (χ0n) is 17.8. The molecule has 0 N–H and O–H groups in total. The van der Waals surface area contributed by atoms with Crippen molar-refractivity contribution in [1.29, 1.82) is 0 Å². The minimum Gasteiger partial charge on any atom is -0.493 e. The van der Waals surface area contributed by atoms with Crippen LogP contribution in [0.3, 0.4) is 0 Å². The average molecular weight is 441 g/mol. The molecule has 2 aliphatic rings. The van der Waals surface area contributed by atoms with Crippen molar-refractivity contribution in [3.63, 3.8) is 0 Å². The molecule has 2 fully saturated rings.